The summed E-state index contributed by atoms with van der Waals surface area (Å²) in [6, 6.07) is 3.86. The van der Waals surface area contributed by atoms with Gasteiger partial charge >= 0.3 is 5.69 Å². The molecule has 0 aliphatic carbocycles. The fourth-order valence-corrected chi connectivity index (χ4v) is 3.75. The van der Waals surface area contributed by atoms with Crippen molar-refractivity contribution in [3.8, 4) is 0 Å². The van der Waals surface area contributed by atoms with Gasteiger partial charge in [-0.05, 0) is 37.7 Å². The number of hydrogen-bond acceptors (Lipinski definition) is 6. The molecule has 2 heterocycles. The molecule has 0 atom stereocenters. The van der Waals surface area contributed by atoms with Crippen LogP contribution in [0.4, 0.5) is 5.69 Å². The first kappa shape index (κ1) is 13.2. The van der Waals surface area contributed by atoms with Crippen molar-refractivity contribution in [3.05, 3.63) is 27.6 Å². The maximum absolute atomic E-state index is 11.6. The lowest BCUT2D eigenvalue weighted by Crippen LogP contribution is -2.16. The number of nitrogens with zero attached hydrogens (tertiary/aromatic N) is 3. The van der Waals surface area contributed by atoms with Crippen LogP contribution in [0.5, 0.6) is 0 Å². The van der Waals surface area contributed by atoms with Gasteiger partial charge in [-0.3, -0.25) is 4.57 Å². The van der Waals surface area contributed by atoms with Crippen LogP contribution in [0.3, 0.4) is 0 Å². The monoisotopic (exact) mass is 307 g/mol. The molecule has 0 unspecified atom stereocenters. The van der Waals surface area contributed by atoms with E-state index in [1.54, 1.807) is 15.9 Å². The molecule has 0 bridgehead atoms. The lowest BCUT2D eigenvalue weighted by Gasteiger charge is -2.05. The summed E-state index contributed by atoms with van der Waals surface area (Å²) in [6.45, 7) is 4.43. The van der Waals surface area contributed by atoms with E-state index in [-0.39, 0.29) is 5.69 Å². The Kier molecular flexibility index (Phi) is 3.27. The predicted octanol–water partition coefficient (Wildman–Crippen LogP) is 2.24. The number of rotatable bonds is 3. The molecule has 1 aromatic carbocycles. The number of aromatic nitrogens is 4. The third-order valence-corrected chi connectivity index (χ3v) is 4.87. The molecule has 0 fully saturated rings. The molecule has 0 spiro atoms. The third-order valence-electron chi connectivity index (χ3n) is 2.87. The van der Waals surface area contributed by atoms with Gasteiger partial charge in [-0.25, -0.2) is 14.9 Å². The number of aromatic amines is 1. The van der Waals surface area contributed by atoms with Gasteiger partial charge in [0.1, 0.15) is 0 Å². The van der Waals surface area contributed by atoms with Gasteiger partial charge in [0, 0.05) is 17.1 Å². The van der Waals surface area contributed by atoms with Crippen LogP contribution in [0.2, 0.25) is 0 Å². The van der Waals surface area contributed by atoms with Gasteiger partial charge in [-0.2, -0.15) is 0 Å². The Labute approximate surface area is 123 Å². The average Bonchev–Trinajstić information content (AvgIpc) is 2.92. The van der Waals surface area contributed by atoms with Crippen molar-refractivity contribution in [2.45, 2.75) is 30.4 Å². The average molecular weight is 307 g/mol. The first-order chi connectivity index (χ1) is 9.58. The van der Waals surface area contributed by atoms with Gasteiger partial charge in [-0.1, -0.05) is 0 Å². The smallest absolute Gasteiger partial charge is 0.343 e. The van der Waals surface area contributed by atoms with Crippen molar-refractivity contribution < 1.29 is 0 Å². The molecule has 20 heavy (non-hydrogen) atoms. The van der Waals surface area contributed by atoms with E-state index in [4.69, 9.17) is 5.73 Å². The molecule has 3 N–H and O–H groups in total. The number of hydrogen-bond donors (Lipinski definition) is 2. The minimum atomic E-state index is -0.209. The van der Waals surface area contributed by atoms with E-state index in [9.17, 15) is 4.79 Å². The van der Waals surface area contributed by atoms with Gasteiger partial charge < -0.3 is 5.73 Å². The van der Waals surface area contributed by atoms with Crippen molar-refractivity contribution >= 4 is 39.0 Å². The number of benzene rings is 1. The number of anilines is 1. The molecule has 104 valence electrons. The highest BCUT2D eigenvalue weighted by molar-refractivity contribution is 7.99. The van der Waals surface area contributed by atoms with E-state index in [0.717, 1.165) is 20.1 Å². The first-order valence-electron chi connectivity index (χ1n) is 6.08. The minimum absolute atomic E-state index is 0.209. The van der Waals surface area contributed by atoms with Crippen molar-refractivity contribution in [1.29, 1.82) is 0 Å². The Hall–Kier alpha value is -1.80. The Balaban J connectivity index is 2.05. The first-order valence-corrected chi connectivity index (χ1v) is 7.71. The maximum Gasteiger partial charge on any atom is 0.343 e. The summed E-state index contributed by atoms with van der Waals surface area (Å²) in [5.41, 5.74) is 7.46. The molecular weight excluding hydrogens is 294 g/mol. The van der Waals surface area contributed by atoms with Gasteiger partial charge in [-0.15, -0.1) is 16.4 Å². The topological polar surface area (TPSA) is 89.6 Å². The number of nitrogens with two attached hydrogens (primary N) is 1. The third kappa shape index (κ3) is 2.20. The molecule has 8 heteroatoms. The number of fused-ring (bicyclic) bond motifs is 1. The normalized spacial score (nSPS) is 11.3. The zero-order valence-electron chi connectivity index (χ0n) is 11.0. The number of nitrogen functional groups attached to an aromatic ring is 1. The minimum Gasteiger partial charge on any atom is -0.398 e. The molecule has 0 saturated heterocycles. The largest absolute Gasteiger partial charge is 0.398 e. The standard InChI is InChI=1S/C12H13N5OS2/c1-3-17-11(18)15-16-12(17)20-9-5-8-10(4-7(9)13)19-6(2)14-8/h4-5H,3,13H2,1-2H3,(H,15,18). The van der Waals surface area contributed by atoms with Crippen molar-refractivity contribution in [2.24, 2.45) is 0 Å². The van der Waals surface area contributed by atoms with E-state index >= 15 is 0 Å². The summed E-state index contributed by atoms with van der Waals surface area (Å²) in [5, 5.41) is 8.09. The second kappa shape index (κ2) is 4.95. The SMILES string of the molecule is CCn1c(Sc2cc3nc(C)sc3cc2N)n[nH]c1=O. The van der Waals surface area contributed by atoms with Crippen LogP contribution in [0.1, 0.15) is 11.9 Å². The van der Waals surface area contributed by atoms with E-state index in [2.05, 4.69) is 15.2 Å². The lowest BCUT2D eigenvalue weighted by atomic mass is 10.3. The van der Waals surface area contributed by atoms with Gasteiger partial charge in [0.15, 0.2) is 5.16 Å². The molecular formula is C12H13N5OS2. The maximum atomic E-state index is 11.6. The highest BCUT2D eigenvalue weighted by Gasteiger charge is 2.12. The summed E-state index contributed by atoms with van der Waals surface area (Å²) in [6.07, 6.45) is 0. The summed E-state index contributed by atoms with van der Waals surface area (Å²) >= 11 is 2.99. The lowest BCUT2D eigenvalue weighted by molar-refractivity contribution is 0.660. The molecule has 0 aliphatic heterocycles. The highest BCUT2D eigenvalue weighted by Crippen LogP contribution is 2.35. The second-order valence-electron chi connectivity index (χ2n) is 4.25. The van der Waals surface area contributed by atoms with Gasteiger partial charge in [0.2, 0.25) is 0 Å². The molecule has 3 rings (SSSR count). The van der Waals surface area contributed by atoms with Crippen LogP contribution in [0.25, 0.3) is 10.2 Å². The zero-order chi connectivity index (χ0) is 14.3. The van der Waals surface area contributed by atoms with Crippen LogP contribution in [-0.2, 0) is 6.54 Å². The van der Waals surface area contributed by atoms with Gasteiger partial charge in [0.05, 0.1) is 15.2 Å². The zero-order valence-corrected chi connectivity index (χ0v) is 12.6. The number of aryl methyl sites for hydroxylation is 1. The summed E-state index contributed by atoms with van der Waals surface area (Å²) in [5.74, 6) is 0. The van der Waals surface area contributed by atoms with Crippen LogP contribution < -0.4 is 11.4 Å². The fraction of sp³-hybridized carbons (Fsp3) is 0.250. The molecule has 0 saturated carbocycles. The Bertz CT molecular complexity index is 832. The molecule has 6 nitrogen and oxygen atoms in total. The highest BCUT2D eigenvalue weighted by atomic mass is 32.2. The molecule has 0 aliphatic rings. The molecule has 2 aromatic heterocycles. The van der Waals surface area contributed by atoms with Crippen LogP contribution in [0.15, 0.2) is 27.0 Å². The second-order valence-corrected chi connectivity index (χ2v) is 6.49. The van der Waals surface area contributed by atoms with E-state index < -0.39 is 0 Å². The van der Waals surface area contributed by atoms with Crippen LogP contribution in [0, 0.1) is 6.92 Å². The van der Waals surface area contributed by atoms with Crippen molar-refractivity contribution in [1.82, 2.24) is 19.7 Å². The molecule has 3 aromatic rings. The van der Waals surface area contributed by atoms with Crippen molar-refractivity contribution in [2.75, 3.05) is 5.73 Å². The fourth-order valence-electron chi connectivity index (χ4n) is 1.93. The number of thiazole rings is 1. The van der Waals surface area contributed by atoms with Crippen LogP contribution in [-0.4, -0.2) is 19.7 Å². The predicted molar refractivity (Wildman–Crippen MR) is 81.4 cm³/mol. The summed E-state index contributed by atoms with van der Waals surface area (Å²) in [7, 11) is 0. The Morgan fingerprint density at radius 1 is 1.50 bits per heavy atom. The number of nitrogens with one attached hydrogen (secondary N) is 1. The molecule has 0 radical (unpaired) electrons. The van der Waals surface area contributed by atoms with E-state index in [1.807, 2.05) is 26.0 Å². The Morgan fingerprint density at radius 3 is 3.05 bits per heavy atom. The number of H-pyrrole nitrogens is 1. The quantitative estimate of drug-likeness (QED) is 0.724. The van der Waals surface area contributed by atoms with E-state index in [0.29, 0.717) is 17.4 Å². The Morgan fingerprint density at radius 2 is 2.30 bits per heavy atom. The van der Waals surface area contributed by atoms with Gasteiger partial charge in [0.25, 0.3) is 0 Å². The van der Waals surface area contributed by atoms with Crippen LogP contribution >= 0.6 is 23.1 Å². The van der Waals surface area contributed by atoms with E-state index in [1.165, 1.54) is 11.8 Å². The van der Waals surface area contributed by atoms with Crippen molar-refractivity contribution in [3.63, 3.8) is 0 Å². The summed E-state index contributed by atoms with van der Waals surface area (Å²) in [4.78, 5) is 16.9. The molecule has 0 amide bonds. The summed E-state index contributed by atoms with van der Waals surface area (Å²) < 4.78 is 2.64.